The van der Waals surface area contributed by atoms with Crippen molar-refractivity contribution in [2.75, 3.05) is 54.9 Å². The molecule has 45 heavy (non-hydrogen) atoms. The van der Waals surface area contributed by atoms with Crippen molar-refractivity contribution in [2.45, 2.75) is 30.7 Å². The van der Waals surface area contributed by atoms with Gasteiger partial charge in [-0.25, -0.2) is 4.98 Å². The number of pyridine rings is 2. The third-order valence-corrected chi connectivity index (χ3v) is 9.96. The fourth-order valence-corrected chi connectivity index (χ4v) is 6.67. The van der Waals surface area contributed by atoms with Crippen molar-refractivity contribution >= 4 is 40.4 Å². The van der Waals surface area contributed by atoms with Crippen molar-refractivity contribution in [1.82, 2.24) is 14.5 Å². The average Bonchev–Trinajstić information content (AvgIpc) is 3.82. The zero-order valence-electron chi connectivity index (χ0n) is 25.6. The molecule has 232 valence electrons. The summed E-state index contributed by atoms with van der Waals surface area (Å²) in [6.07, 6.45) is 6.21. The lowest BCUT2D eigenvalue weighted by molar-refractivity contribution is 0.0980. The zero-order valence-corrected chi connectivity index (χ0v) is 26.3. The molecule has 2 fully saturated rings. The predicted octanol–water partition coefficient (Wildman–Crippen LogP) is 4.87. The van der Waals surface area contributed by atoms with E-state index < -0.39 is 0 Å². The van der Waals surface area contributed by atoms with Crippen LogP contribution in [0.3, 0.4) is 0 Å². The number of nitrogens with zero attached hydrogens (tertiary/aromatic N) is 5. The first-order valence-electron chi connectivity index (χ1n) is 15.5. The van der Waals surface area contributed by atoms with E-state index in [9.17, 15) is 14.7 Å². The Labute approximate surface area is 267 Å². The highest BCUT2D eigenvalue weighted by atomic mass is 35.5. The monoisotopic (exact) mass is 624 g/mol. The fourth-order valence-electron chi connectivity index (χ4n) is 6.46. The van der Waals surface area contributed by atoms with Crippen LogP contribution in [-0.2, 0) is 24.9 Å². The van der Waals surface area contributed by atoms with Gasteiger partial charge in [0.05, 0.1) is 29.1 Å². The van der Waals surface area contributed by atoms with Gasteiger partial charge in [0, 0.05) is 62.7 Å². The number of aliphatic hydroxyl groups excluding tert-OH is 1. The van der Waals surface area contributed by atoms with Gasteiger partial charge in [-0.3, -0.25) is 9.59 Å². The Bertz CT molecular complexity index is 1830. The predicted molar refractivity (Wildman–Crippen MR) is 179 cm³/mol. The summed E-state index contributed by atoms with van der Waals surface area (Å²) < 4.78 is 1.52. The fraction of sp³-hybridized carbons (Fsp3) is 0.343. The molecule has 1 saturated heterocycles. The molecule has 0 spiro atoms. The summed E-state index contributed by atoms with van der Waals surface area (Å²) in [5.74, 6) is 0.476. The van der Waals surface area contributed by atoms with E-state index in [2.05, 4.69) is 33.2 Å². The number of halogens is 1. The lowest BCUT2D eigenvalue weighted by atomic mass is 9.93. The minimum absolute atomic E-state index is 0.0945. The number of benzene rings is 2. The van der Waals surface area contributed by atoms with Crippen LogP contribution in [-0.4, -0.2) is 65.2 Å². The second-order valence-corrected chi connectivity index (χ2v) is 13.1. The molecule has 0 radical (unpaired) electrons. The molecule has 0 unspecified atom stereocenters. The third kappa shape index (κ3) is 5.60. The van der Waals surface area contributed by atoms with Crippen molar-refractivity contribution in [3.8, 4) is 11.1 Å². The lowest BCUT2D eigenvalue weighted by Gasteiger charge is -2.33. The molecular weight excluding hydrogens is 588 g/mol. The van der Waals surface area contributed by atoms with Crippen LogP contribution in [0.2, 0.25) is 0 Å². The Morgan fingerprint density at radius 3 is 2.47 bits per heavy atom. The zero-order chi connectivity index (χ0) is 31.3. The molecule has 2 aromatic heterocycles. The van der Waals surface area contributed by atoms with Gasteiger partial charge in [0.1, 0.15) is 11.5 Å². The van der Waals surface area contributed by atoms with Gasteiger partial charge in [-0.2, -0.15) is 0 Å². The molecular formula is C35H37ClN6O3. The number of anilines is 4. The number of alkyl halides is 1. The first-order valence-corrected chi connectivity index (χ1v) is 15.9. The molecule has 7 rings (SSSR count). The van der Waals surface area contributed by atoms with Crippen LogP contribution in [0.5, 0.6) is 0 Å². The summed E-state index contributed by atoms with van der Waals surface area (Å²) in [5.41, 5.74) is 6.78. The van der Waals surface area contributed by atoms with Gasteiger partial charge in [0.25, 0.3) is 11.5 Å². The summed E-state index contributed by atoms with van der Waals surface area (Å²) in [6, 6.07) is 17.3. The number of aromatic nitrogens is 2. The van der Waals surface area contributed by atoms with Crippen molar-refractivity contribution in [1.29, 1.82) is 0 Å². The number of nitrogens with one attached hydrogen (secondary N) is 1. The number of rotatable bonds is 7. The van der Waals surface area contributed by atoms with Gasteiger partial charge < -0.3 is 29.7 Å². The number of likely N-dealkylation sites (N-methyl/N-ethyl adjacent to an activating group) is 1. The summed E-state index contributed by atoms with van der Waals surface area (Å²) in [6.45, 7) is 4.15. The molecule has 1 saturated carbocycles. The Morgan fingerprint density at radius 1 is 0.956 bits per heavy atom. The normalized spacial score (nSPS) is 17.7. The van der Waals surface area contributed by atoms with Crippen LogP contribution in [0.15, 0.2) is 71.8 Å². The van der Waals surface area contributed by atoms with Crippen molar-refractivity contribution in [2.24, 2.45) is 7.05 Å². The lowest BCUT2D eigenvalue weighted by Crippen LogP contribution is -2.44. The van der Waals surface area contributed by atoms with Crippen LogP contribution < -0.4 is 20.7 Å². The van der Waals surface area contributed by atoms with Crippen molar-refractivity contribution in [3.05, 3.63) is 99.6 Å². The standard InChI is InChI=1S/C35H37ClN6O3/c1-39-14-16-41(17-15-39)26-7-9-32(37-20-26)38-30-19-24(21-40(2)34(30)45)27-4-3-5-31(29(27)22-43)42-13-10-23-18-25(35(36)11-12-35)6-8-28(23)33(42)44/h3-9,18-21,43H,10-17,22H2,1-2H3,(H,37,38). The van der Waals surface area contributed by atoms with Crippen molar-refractivity contribution < 1.29 is 9.90 Å². The number of amides is 1. The Balaban J connectivity index is 1.17. The molecule has 2 N–H and O–H groups in total. The first-order chi connectivity index (χ1) is 21.7. The smallest absolute Gasteiger partial charge is 0.274 e. The number of fused-ring (bicyclic) bond motifs is 1. The summed E-state index contributed by atoms with van der Waals surface area (Å²) >= 11 is 6.65. The Hall–Kier alpha value is -4.18. The number of carbonyl (C=O) groups excluding carboxylic acids is 1. The van der Waals surface area contributed by atoms with E-state index in [-0.39, 0.29) is 22.9 Å². The minimum atomic E-state index is -0.277. The second-order valence-electron chi connectivity index (χ2n) is 12.4. The number of hydrogen-bond acceptors (Lipinski definition) is 7. The number of aliphatic hydroxyl groups is 1. The Kier molecular flexibility index (Phi) is 7.63. The quantitative estimate of drug-likeness (QED) is 0.284. The molecule has 3 aliphatic rings. The van der Waals surface area contributed by atoms with Gasteiger partial charge in [-0.15, -0.1) is 11.6 Å². The van der Waals surface area contributed by atoms with Gasteiger partial charge in [0.2, 0.25) is 0 Å². The molecule has 0 atom stereocenters. The topological polar surface area (TPSA) is 93.9 Å². The van der Waals surface area contributed by atoms with Crippen LogP contribution >= 0.6 is 11.6 Å². The summed E-state index contributed by atoms with van der Waals surface area (Å²) in [5, 5.41) is 13.8. The molecule has 2 aliphatic heterocycles. The molecule has 4 aromatic rings. The van der Waals surface area contributed by atoms with Gasteiger partial charge in [0.15, 0.2) is 0 Å². The summed E-state index contributed by atoms with van der Waals surface area (Å²) in [4.78, 5) is 37.6. The maximum atomic E-state index is 13.7. The molecule has 2 aromatic carbocycles. The average molecular weight is 625 g/mol. The van der Waals surface area contributed by atoms with Crippen LogP contribution in [0.4, 0.5) is 22.9 Å². The molecule has 1 aliphatic carbocycles. The maximum Gasteiger partial charge on any atom is 0.274 e. The number of aryl methyl sites for hydroxylation is 1. The van der Waals surface area contributed by atoms with E-state index in [0.29, 0.717) is 41.3 Å². The molecule has 0 bridgehead atoms. The second kappa shape index (κ2) is 11.6. The highest BCUT2D eigenvalue weighted by molar-refractivity contribution is 6.26. The van der Waals surface area contributed by atoms with Gasteiger partial charge >= 0.3 is 0 Å². The van der Waals surface area contributed by atoms with Gasteiger partial charge in [-0.1, -0.05) is 24.3 Å². The van der Waals surface area contributed by atoms with Crippen LogP contribution in [0.25, 0.3) is 11.1 Å². The highest BCUT2D eigenvalue weighted by Gasteiger charge is 2.43. The largest absolute Gasteiger partial charge is 0.392 e. The molecule has 4 heterocycles. The molecule has 10 heteroatoms. The van der Waals surface area contributed by atoms with E-state index in [4.69, 9.17) is 11.6 Å². The van der Waals surface area contributed by atoms with Gasteiger partial charge in [-0.05, 0) is 73.3 Å². The van der Waals surface area contributed by atoms with Crippen LogP contribution in [0, 0.1) is 0 Å². The molecule has 1 amide bonds. The van der Waals surface area contributed by atoms with E-state index in [0.717, 1.165) is 67.0 Å². The van der Waals surface area contributed by atoms with E-state index in [1.165, 1.54) is 4.57 Å². The Morgan fingerprint density at radius 2 is 1.76 bits per heavy atom. The maximum absolute atomic E-state index is 13.7. The number of piperazine rings is 1. The SMILES string of the molecule is CN1CCN(c2ccc(Nc3cc(-c4cccc(N5CCc6cc(C7(Cl)CC7)ccc6C5=O)c4CO)cn(C)c3=O)nc2)CC1. The third-order valence-electron chi connectivity index (χ3n) is 9.37. The van der Waals surface area contributed by atoms with Crippen molar-refractivity contribution in [3.63, 3.8) is 0 Å². The highest BCUT2D eigenvalue weighted by Crippen LogP contribution is 2.52. The summed E-state index contributed by atoms with van der Waals surface area (Å²) in [7, 11) is 3.83. The number of carbonyl (C=O) groups is 1. The number of hydrogen-bond donors (Lipinski definition) is 2. The first kappa shape index (κ1) is 29.5. The molecule has 9 nitrogen and oxygen atoms in total. The van der Waals surface area contributed by atoms with Crippen LogP contribution in [0.1, 0.15) is 39.9 Å². The van der Waals surface area contributed by atoms with E-state index >= 15 is 0 Å². The van der Waals surface area contributed by atoms with E-state index in [1.54, 1.807) is 24.2 Å². The van der Waals surface area contributed by atoms with E-state index in [1.807, 2.05) is 48.7 Å². The minimum Gasteiger partial charge on any atom is -0.392 e.